The zero-order chi connectivity index (χ0) is 40.2. The first kappa shape index (κ1) is 40.2. The Kier molecular flexibility index (Phi) is 10.0. The number of ether oxygens (including phenoxy) is 1. The van der Waals surface area contributed by atoms with E-state index >= 15 is 0 Å². The molecule has 312 valence electrons. The molecule has 6 aliphatic carbocycles. The molecule has 1 aromatic rings. The molecular formula is C50H72N2O4S. The van der Waals surface area contributed by atoms with E-state index in [4.69, 9.17) is 4.74 Å². The summed E-state index contributed by atoms with van der Waals surface area (Å²) in [6, 6.07) is 10.2. The second-order valence-electron chi connectivity index (χ2n) is 21.9. The highest BCUT2D eigenvalue weighted by molar-refractivity contribution is 7.92. The highest BCUT2D eigenvalue weighted by Crippen LogP contribution is 2.76. The van der Waals surface area contributed by atoms with Crippen molar-refractivity contribution in [2.75, 3.05) is 25.4 Å². The molecule has 0 aromatic heterocycles. The molecule has 7 heteroatoms. The van der Waals surface area contributed by atoms with E-state index < -0.39 is 9.84 Å². The van der Waals surface area contributed by atoms with Gasteiger partial charge in [0.2, 0.25) is 0 Å². The van der Waals surface area contributed by atoms with Gasteiger partial charge in [0, 0.05) is 31.2 Å². The normalized spacial score (nSPS) is 44.2. The number of fused-ring (bicyclic) bond motifs is 9. The van der Waals surface area contributed by atoms with Gasteiger partial charge in [-0.1, -0.05) is 89.3 Å². The number of likely N-dealkylation sites (tertiary alicyclic amines) is 1. The van der Waals surface area contributed by atoms with E-state index in [2.05, 4.69) is 70.5 Å². The van der Waals surface area contributed by atoms with Crippen LogP contribution in [0.4, 0.5) is 0 Å². The maximum Gasteiger partial charge on any atom is 0.309 e. The van der Waals surface area contributed by atoms with E-state index in [1.54, 1.807) is 5.57 Å². The summed E-state index contributed by atoms with van der Waals surface area (Å²) >= 11 is 0. The van der Waals surface area contributed by atoms with Crippen LogP contribution < -0.4 is 5.32 Å². The number of allylic oxidation sites excluding steroid dienone is 5. The standard InChI is InChI=1S/C50H72N2O4S/c1-33(2)39-19-24-50(51-27-28-52-30-38-29-37(52)32-57(38,54)55)26-25-48(6)41(44(39)50)17-18-43-47(5)22-20-40(46(3,4)42(47)21-23-49(43,48)7)35-13-15-36(16-14-35)45(53)56-31-34-11-9-8-10-12-34/h8-13,20,36-39,41-44,51H,1,14-19,21-32H2,2-7H3. The third-order valence-corrected chi connectivity index (χ3v) is 21.5. The Morgan fingerprint density at radius 3 is 2.40 bits per heavy atom. The van der Waals surface area contributed by atoms with E-state index in [0.29, 0.717) is 52.8 Å². The molecule has 6 fully saturated rings. The molecular weight excluding hydrogens is 725 g/mol. The summed E-state index contributed by atoms with van der Waals surface area (Å²) in [5.41, 5.74) is 6.61. The molecule has 2 aliphatic heterocycles. The van der Waals surface area contributed by atoms with Gasteiger partial charge in [-0.05, 0) is 158 Å². The molecule has 0 radical (unpaired) electrons. The summed E-state index contributed by atoms with van der Waals surface area (Å²) in [6.07, 6.45) is 20.0. The summed E-state index contributed by atoms with van der Waals surface area (Å²) < 4.78 is 30.7. The molecule has 12 unspecified atom stereocenters. The fraction of sp³-hybridized carbons (Fsp3) is 0.740. The van der Waals surface area contributed by atoms with Gasteiger partial charge in [-0.15, -0.1) is 0 Å². The number of carbonyl (C=O) groups excluding carboxylic acids is 1. The lowest BCUT2D eigenvalue weighted by Crippen LogP contribution is -2.68. The summed E-state index contributed by atoms with van der Waals surface area (Å²) in [5, 5.41) is 4.14. The van der Waals surface area contributed by atoms with Gasteiger partial charge in [0.05, 0.1) is 16.9 Å². The number of esters is 1. The lowest BCUT2D eigenvalue weighted by atomic mass is 9.33. The predicted molar refractivity (Wildman–Crippen MR) is 230 cm³/mol. The van der Waals surface area contributed by atoms with Gasteiger partial charge in [-0.25, -0.2) is 8.42 Å². The van der Waals surface area contributed by atoms with Crippen molar-refractivity contribution in [3.8, 4) is 0 Å². The molecule has 2 heterocycles. The molecule has 2 bridgehead atoms. The number of hydrogen-bond donors (Lipinski definition) is 1. The van der Waals surface area contributed by atoms with Crippen LogP contribution in [-0.4, -0.2) is 61.5 Å². The van der Waals surface area contributed by atoms with E-state index in [-0.39, 0.29) is 39.5 Å². The van der Waals surface area contributed by atoms with Crippen LogP contribution >= 0.6 is 0 Å². The van der Waals surface area contributed by atoms with Crippen molar-refractivity contribution in [2.24, 2.45) is 57.2 Å². The van der Waals surface area contributed by atoms with Crippen LogP contribution in [0.5, 0.6) is 0 Å². The van der Waals surface area contributed by atoms with Crippen LogP contribution in [0.3, 0.4) is 0 Å². The van der Waals surface area contributed by atoms with Crippen LogP contribution in [0, 0.1) is 57.2 Å². The van der Waals surface area contributed by atoms with E-state index in [0.717, 1.165) is 50.9 Å². The van der Waals surface area contributed by atoms with E-state index in [9.17, 15) is 13.2 Å². The van der Waals surface area contributed by atoms with Crippen LogP contribution in [0.25, 0.3) is 0 Å². The topological polar surface area (TPSA) is 75.7 Å². The van der Waals surface area contributed by atoms with Crippen molar-refractivity contribution in [1.29, 1.82) is 0 Å². The Morgan fingerprint density at radius 1 is 0.930 bits per heavy atom. The summed E-state index contributed by atoms with van der Waals surface area (Å²) in [5.74, 6) is 3.52. The Hall–Kier alpha value is -2.22. The maximum atomic E-state index is 13.1. The third-order valence-electron chi connectivity index (χ3n) is 19.3. The fourth-order valence-electron chi connectivity index (χ4n) is 16.2. The smallest absolute Gasteiger partial charge is 0.309 e. The van der Waals surface area contributed by atoms with Crippen LogP contribution in [0.15, 0.2) is 65.8 Å². The molecule has 6 nitrogen and oxygen atoms in total. The van der Waals surface area contributed by atoms with Crippen molar-refractivity contribution in [3.05, 3.63) is 71.3 Å². The van der Waals surface area contributed by atoms with Crippen LogP contribution in [0.1, 0.15) is 131 Å². The first-order chi connectivity index (χ1) is 27.0. The number of rotatable bonds is 9. The Morgan fingerprint density at radius 2 is 1.72 bits per heavy atom. The number of benzene rings is 1. The molecule has 12 atom stereocenters. The molecule has 2 saturated heterocycles. The Balaban J connectivity index is 0.908. The van der Waals surface area contributed by atoms with Crippen molar-refractivity contribution in [3.63, 3.8) is 0 Å². The van der Waals surface area contributed by atoms with Crippen molar-refractivity contribution >= 4 is 15.8 Å². The van der Waals surface area contributed by atoms with Gasteiger partial charge in [-0.2, -0.15) is 0 Å². The molecule has 8 aliphatic rings. The Labute approximate surface area is 345 Å². The largest absolute Gasteiger partial charge is 0.461 e. The second kappa shape index (κ2) is 14.2. The molecule has 1 aromatic carbocycles. The zero-order valence-corrected chi connectivity index (χ0v) is 36.9. The highest BCUT2D eigenvalue weighted by atomic mass is 32.2. The minimum absolute atomic E-state index is 0.0450. The first-order valence-electron chi connectivity index (χ1n) is 23.0. The summed E-state index contributed by atoms with van der Waals surface area (Å²) in [7, 11) is -2.87. The Bertz CT molecular complexity index is 1940. The number of sulfone groups is 1. The van der Waals surface area contributed by atoms with Gasteiger partial charge in [0.15, 0.2) is 9.84 Å². The summed E-state index contributed by atoms with van der Waals surface area (Å²) in [6.45, 7) is 23.3. The molecule has 0 amide bonds. The monoisotopic (exact) mass is 797 g/mol. The molecule has 9 rings (SSSR count). The second-order valence-corrected chi connectivity index (χ2v) is 24.3. The minimum atomic E-state index is -2.87. The van der Waals surface area contributed by atoms with Crippen molar-refractivity contribution in [2.45, 2.75) is 148 Å². The minimum Gasteiger partial charge on any atom is -0.461 e. The van der Waals surface area contributed by atoms with Crippen LogP contribution in [-0.2, 0) is 26.0 Å². The molecule has 4 saturated carbocycles. The number of hydrogen-bond acceptors (Lipinski definition) is 6. The van der Waals surface area contributed by atoms with Gasteiger partial charge in [0.1, 0.15) is 6.61 Å². The number of carbonyl (C=O) groups is 1. The van der Waals surface area contributed by atoms with E-state index in [1.165, 1.54) is 68.9 Å². The summed E-state index contributed by atoms with van der Waals surface area (Å²) in [4.78, 5) is 15.6. The SMILES string of the molecule is C=C(C)C1CCC2(NCCN3CC4CC3CS4(=O)=O)CCC3(C)C(CCC4C5(C)CC=C(C6=CCC(C(=O)OCc7ccccc7)CC6)C(C)(C)C5CCC43C)C12. The van der Waals surface area contributed by atoms with Gasteiger partial charge >= 0.3 is 5.97 Å². The maximum absolute atomic E-state index is 13.1. The third kappa shape index (κ3) is 6.26. The zero-order valence-electron chi connectivity index (χ0n) is 36.1. The molecule has 0 spiro atoms. The van der Waals surface area contributed by atoms with Gasteiger partial charge in [0.25, 0.3) is 0 Å². The highest BCUT2D eigenvalue weighted by Gasteiger charge is 2.70. The average Bonchev–Trinajstić information content (AvgIpc) is 3.85. The van der Waals surface area contributed by atoms with E-state index in [1.807, 2.05) is 30.3 Å². The van der Waals surface area contributed by atoms with Crippen LogP contribution in [0.2, 0.25) is 0 Å². The van der Waals surface area contributed by atoms with Crippen molar-refractivity contribution < 1.29 is 17.9 Å². The van der Waals surface area contributed by atoms with Crippen molar-refractivity contribution in [1.82, 2.24) is 10.2 Å². The quantitative estimate of drug-likeness (QED) is 0.198. The molecule has 1 N–H and O–H groups in total. The predicted octanol–water partition coefficient (Wildman–Crippen LogP) is 9.86. The number of nitrogens with one attached hydrogen (secondary N) is 1. The first-order valence-corrected chi connectivity index (χ1v) is 24.7. The van der Waals surface area contributed by atoms with Gasteiger partial charge in [-0.3, -0.25) is 9.69 Å². The molecule has 57 heavy (non-hydrogen) atoms. The van der Waals surface area contributed by atoms with Gasteiger partial charge < -0.3 is 10.1 Å². The fourth-order valence-corrected chi connectivity index (χ4v) is 18.3. The lowest BCUT2D eigenvalue weighted by Gasteiger charge is -2.72. The number of nitrogens with zero attached hydrogens (tertiary/aromatic N) is 1. The average molecular weight is 797 g/mol. The lowest BCUT2D eigenvalue weighted by molar-refractivity contribution is -0.221.